The second kappa shape index (κ2) is 8.90. The lowest BCUT2D eigenvalue weighted by Gasteiger charge is -2.20. The molecule has 1 amide bonds. The van der Waals surface area contributed by atoms with Gasteiger partial charge in [0, 0.05) is 20.5 Å². The Bertz CT molecular complexity index is 463. The summed E-state index contributed by atoms with van der Waals surface area (Å²) < 4.78 is 0. The molecule has 0 aliphatic carbocycles. The number of amides is 1. The van der Waals surface area contributed by atoms with E-state index in [2.05, 4.69) is 12.2 Å². The molecule has 0 bridgehead atoms. The molecular weight excluding hydrogens is 286 g/mol. The van der Waals surface area contributed by atoms with Crippen molar-refractivity contribution in [3.63, 3.8) is 0 Å². The van der Waals surface area contributed by atoms with Crippen LogP contribution >= 0.6 is 11.6 Å². The Morgan fingerprint density at radius 2 is 2.10 bits per heavy atom. The van der Waals surface area contributed by atoms with Gasteiger partial charge in [0.25, 0.3) is 0 Å². The molecule has 4 nitrogen and oxygen atoms in total. The number of carbonyl (C=O) groups is 1. The maximum absolute atomic E-state index is 12.1. The highest BCUT2D eigenvalue weighted by molar-refractivity contribution is 6.34. The summed E-state index contributed by atoms with van der Waals surface area (Å²) in [4.78, 5) is 14.0. The van der Waals surface area contributed by atoms with Gasteiger partial charge in [-0.05, 0) is 37.4 Å². The van der Waals surface area contributed by atoms with Crippen LogP contribution in [0.2, 0.25) is 5.02 Å². The molecule has 5 heteroatoms. The summed E-state index contributed by atoms with van der Waals surface area (Å²) in [5.41, 5.74) is 7.17. The number of halogens is 1. The number of nitrogens with zero attached hydrogens (tertiary/aromatic N) is 1. The van der Waals surface area contributed by atoms with Crippen molar-refractivity contribution in [2.24, 2.45) is 11.7 Å². The normalized spacial score (nSPS) is 12.0. The summed E-state index contributed by atoms with van der Waals surface area (Å²) in [5.74, 6) is 0.546. The molecular formula is C16H26ClN3O. The number of para-hydroxylation sites is 1. The lowest BCUT2D eigenvalue weighted by molar-refractivity contribution is -0.116. The molecule has 1 rings (SSSR count). The van der Waals surface area contributed by atoms with E-state index in [0.29, 0.717) is 23.9 Å². The molecule has 0 aliphatic heterocycles. The van der Waals surface area contributed by atoms with E-state index in [-0.39, 0.29) is 5.91 Å². The number of benzene rings is 1. The summed E-state index contributed by atoms with van der Waals surface area (Å²) in [6, 6.07) is 5.53. The monoisotopic (exact) mass is 311 g/mol. The average molecular weight is 312 g/mol. The third kappa shape index (κ3) is 5.56. The smallest absolute Gasteiger partial charge is 0.224 e. The number of anilines is 2. The largest absolute Gasteiger partial charge is 0.375 e. The Kier molecular flexibility index (Phi) is 7.54. The zero-order chi connectivity index (χ0) is 15.8. The summed E-state index contributed by atoms with van der Waals surface area (Å²) in [7, 11) is 3.82. The van der Waals surface area contributed by atoms with Crippen LogP contribution in [0.1, 0.15) is 32.6 Å². The number of rotatable bonds is 8. The highest BCUT2D eigenvalue weighted by atomic mass is 35.5. The van der Waals surface area contributed by atoms with Crippen LogP contribution in [0.25, 0.3) is 0 Å². The van der Waals surface area contributed by atoms with E-state index < -0.39 is 0 Å². The lowest BCUT2D eigenvalue weighted by Crippen LogP contribution is -2.18. The van der Waals surface area contributed by atoms with Crippen molar-refractivity contribution in [1.82, 2.24) is 0 Å². The van der Waals surface area contributed by atoms with E-state index >= 15 is 0 Å². The van der Waals surface area contributed by atoms with E-state index in [0.717, 1.165) is 30.6 Å². The van der Waals surface area contributed by atoms with Crippen molar-refractivity contribution in [3.8, 4) is 0 Å². The molecule has 0 saturated heterocycles. The topological polar surface area (TPSA) is 58.4 Å². The molecule has 0 heterocycles. The number of carbonyl (C=O) groups excluding carboxylic acids is 1. The van der Waals surface area contributed by atoms with Crippen molar-refractivity contribution < 1.29 is 4.79 Å². The van der Waals surface area contributed by atoms with Gasteiger partial charge in [0.05, 0.1) is 16.4 Å². The van der Waals surface area contributed by atoms with Crippen LogP contribution in [-0.4, -0.2) is 26.5 Å². The molecule has 0 aliphatic rings. The van der Waals surface area contributed by atoms with Crippen molar-refractivity contribution in [2.45, 2.75) is 32.6 Å². The quantitative estimate of drug-likeness (QED) is 0.772. The fourth-order valence-electron chi connectivity index (χ4n) is 2.41. The van der Waals surface area contributed by atoms with Crippen LogP contribution in [0, 0.1) is 5.92 Å². The molecule has 0 fully saturated rings. The first-order chi connectivity index (χ1) is 9.99. The summed E-state index contributed by atoms with van der Waals surface area (Å²) >= 11 is 6.19. The molecule has 1 aromatic rings. The van der Waals surface area contributed by atoms with Crippen LogP contribution < -0.4 is 16.0 Å². The summed E-state index contributed by atoms with van der Waals surface area (Å²) in [5, 5.41) is 3.59. The van der Waals surface area contributed by atoms with Crippen LogP contribution in [0.4, 0.5) is 11.4 Å². The summed E-state index contributed by atoms with van der Waals surface area (Å²) in [6.07, 6.45) is 3.42. The highest BCUT2D eigenvalue weighted by Crippen LogP contribution is 2.32. The minimum Gasteiger partial charge on any atom is -0.375 e. The molecule has 1 unspecified atom stereocenters. The molecule has 1 atom stereocenters. The van der Waals surface area contributed by atoms with E-state index in [1.165, 1.54) is 0 Å². The van der Waals surface area contributed by atoms with Gasteiger partial charge in [0.15, 0.2) is 0 Å². The van der Waals surface area contributed by atoms with Crippen LogP contribution in [0.5, 0.6) is 0 Å². The van der Waals surface area contributed by atoms with Gasteiger partial charge in [-0.3, -0.25) is 4.79 Å². The van der Waals surface area contributed by atoms with Crippen LogP contribution in [-0.2, 0) is 4.79 Å². The first-order valence-electron chi connectivity index (χ1n) is 7.45. The van der Waals surface area contributed by atoms with Crippen molar-refractivity contribution in [1.29, 1.82) is 0 Å². The standard InChI is InChI=1S/C16H26ClN3O/c1-4-12(10-11-18)8-9-15(21)19-14-7-5-6-13(17)16(14)20(2)3/h5-7,12H,4,8-11,18H2,1-3H3,(H,19,21). The maximum Gasteiger partial charge on any atom is 0.224 e. The fraction of sp³-hybridized carbons (Fsp3) is 0.562. The van der Waals surface area contributed by atoms with Crippen molar-refractivity contribution in [2.75, 3.05) is 30.9 Å². The van der Waals surface area contributed by atoms with Crippen molar-refractivity contribution >= 4 is 28.9 Å². The van der Waals surface area contributed by atoms with E-state index in [1.54, 1.807) is 0 Å². The third-order valence-corrected chi connectivity index (χ3v) is 3.94. The van der Waals surface area contributed by atoms with Crippen LogP contribution in [0.3, 0.4) is 0 Å². The number of nitrogens with two attached hydrogens (primary N) is 1. The molecule has 118 valence electrons. The highest BCUT2D eigenvalue weighted by Gasteiger charge is 2.13. The van der Waals surface area contributed by atoms with Gasteiger partial charge in [0.2, 0.25) is 5.91 Å². The van der Waals surface area contributed by atoms with Crippen LogP contribution in [0.15, 0.2) is 18.2 Å². The van der Waals surface area contributed by atoms with Gasteiger partial charge >= 0.3 is 0 Å². The van der Waals surface area contributed by atoms with Gasteiger partial charge < -0.3 is 16.0 Å². The molecule has 1 aromatic carbocycles. The Labute approximate surface area is 132 Å². The number of nitrogens with one attached hydrogen (secondary N) is 1. The number of hydrogen-bond donors (Lipinski definition) is 2. The molecule has 21 heavy (non-hydrogen) atoms. The molecule has 0 radical (unpaired) electrons. The van der Waals surface area contributed by atoms with Gasteiger partial charge in [-0.15, -0.1) is 0 Å². The van der Waals surface area contributed by atoms with Gasteiger partial charge in [-0.25, -0.2) is 0 Å². The SMILES string of the molecule is CCC(CCN)CCC(=O)Nc1cccc(Cl)c1N(C)C. The maximum atomic E-state index is 12.1. The number of hydrogen-bond acceptors (Lipinski definition) is 3. The first kappa shape index (κ1) is 17.8. The van der Waals surface area contributed by atoms with Gasteiger partial charge in [-0.2, -0.15) is 0 Å². The zero-order valence-corrected chi connectivity index (χ0v) is 13.9. The second-order valence-corrected chi connectivity index (χ2v) is 5.88. The predicted octanol–water partition coefficient (Wildman–Crippen LogP) is 3.50. The van der Waals surface area contributed by atoms with E-state index in [1.807, 2.05) is 37.2 Å². The van der Waals surface area contributed by atoms with Gasteiger partial charge in [-0.1, -0.05) is 31.0 Å². The first-order valence-corrected chi connectivity index (χ1v) is 7.83. The fourth-order valence-corrected chi connectivity index (χ4v) is 2.75. The molecule has 0 saturated carbocycles. The Balaban J connectivity index is 2.65. The lowest BCUT2D eigenvalue weighted by atomic mass is 9.96. The summed E-state index contributed by atoms with van der Waals surface area (Å²) in [6.45, 7) is 2.82. The second-order valence-electron chi connectivity index (χ2n) is 5.47. The Morgan fingerprint density at radius 3 is 2.67 bits per heavy atom. The van der Waals surface area contributed by atoms with Crippen molar-refractivity contribution in [3.05, 3.63) is 23.2 Å². The Hall–Kier alpha value is -1.26. The molecule has 0 spiro atoms. The van der Waals surface area contributed by atoms with E-state index in [4.69, 9.17) is 17.3 Å². The zero-order valence-electron chi connectivity index (χ0n) is 13.2. The Morgan fingerprint density at radius 1 is 1.38 bits per heavy atom. The minimum absolute atomic E-state index is 0.0239. The molecule has 0 aromatic heterocycles. The van der Waals surface area contributed by atoms with Gasteiger partial charge in [0.1, 0.15) is 0 Å². The molecule has 3 N–H and O–H groups in total. The minimum atomic E-state index is 0.0239. The van der Waals surface area contributed by atoms with E-state index in [9.17, 15) is 4.79 Å². The third-order valence-electron chi connectivity index (χ3n) is 3.64. The average Bonchev–Trinajstić information content (AvgIpc) is 2.43. The predicted molar refractivity (Wildman–Crippen MR) is 91.1 cm³/mol.